The van der Waals surface area contributed by atoms with Gasteiger partial charge in [0.2, 0.25) is 0 Å². The molecule has 0 aliphatic rings. The fourth-order valence-electron chi connectivity index (χ4n) is 1.32. The lowest BCUT2D eigenvalue weighted by molar-refractivity contribution is -0.0545. The second-order valence-electron chi connectivity index (χ2n) is 4.63. The first kappa shape index (κ1) is 24.7. The maximum Gasteiger partial charge on any atom is 0.536 e. The minimum Gasteiger partial charge on any atom is -0.260 e. The van der Waals surface area contributed by atoms with E-state index in [0.29, 0.717) is 0 Å². The van der Waals surface area contributed by atoms with Crippen LogP contribution in [0, 0.1) is 22.7 Å². The van der Waals surface area contributed by atoms with Crippen LogP contribution < -0.4 is 0 Å². The molecule has 0 spiro atoms. The van der Waals surface area contributed by atoms with E-state index in [1.807, 2.05) is 0 Å². The topological polar surface area (TPSA) is 159 Å². The van der Waals surface area contributed by atoms with Gasteiger partial charge in [-0.1, -0.05) is 34.6 Å². The Hall–Kier alpha value is -3.38. The lowest BCUT2D eigenvalue weighted by Gasteiger charge is -2.06. The van der Waals surface area contributed by atoms with Crippen LogP contribution >= 0.6 is 0 Å². The number of nitrogens with zero attached hydrogens (tertiary/aromatic N) is 4. The summed E-state index contributed by atoms with van der Waals surface area (Å²) in [6.45, 7) is 0. The normalized spacial score (nSPS) is 13.9. The molecule has 0 saturated carbocycles. The highest BCUT2D eigenvalue weighted by molar-refractivity contribution is 7.87. The van der Waals surface area contributed by atoms with Gasteiger partial charge in [-0.25, -0.2) is 0 Å². The molecule has 0 saturated heterocycles. The van der Waals surface area contributed by atoms with E-state index in [0.717, 1.165) is 24.3 Å². The number of alkyl halides is 6. The highest BCUT2D eigenvalue weighted by Crippen LogP contribution is 2.26. The first-order valence-corrected chi connectivity index (χ1v) is 9.44. The van der Waals surface area contributed by atoms with Gasteiger partial charge in [-0.2, -0.15) is 53.7 Å². The van der Waals surface area contributed by atoms with Crippen molar-refractivity contribution in [2.75, 3.05) is 0 Å². The minimum absolute atomic E-state index is 0.334. The fraction of sp³-hybridized carbons (Fsp3) is 0.167. The summed E-state index contributed by atoms with van der Waals surface area (Å²) in [5, 5.41) is 22.8. The molecule has 0 bridgehead atoms. The van der Waals surface area contributed by atoms with Gasteiger partial charge in [0.05, 0.1) is 0 Å². The molecule has 0 aromatic heterocycles. The molecule has 0 atom stereocenters. The smallest absolute Gasteiger partial charge is 0.260 e. The molecule has 1 rings (SSSR count). The Morgan fingerprint density at radius 2 is 1.00 bits per heavy atom. The van der Waals surface area contributed by atoms with Gasteiger partial charge in [-0.05, 0) is 0 Å². The third-order valence-electron chi connectivity index (χ3n) is 2.66. The van der Waals surface area contributed by atoms with Gasteiger partial charge in [0, 0.05) is 11.1 Å². The lowest BCUT2D eigenvalue weighted by Crippen LogP contribution is -2.24. The van der Waals surface area contributed by atoms with Gasteiger partial charge < -0.3 is 0 Å². The second kappa shape index (κ2) is 8.55. The molecule has 0 unspecified atom stereocenters. The van der Waals surface area contributed by atoms with Crippen LogP contribution in [-0.4, -0.2) is 39.3 Å². The van der Waals surface area contributed by atoms with Crippen LogP contribution in [0.25, 0.3) is 0 Å². The SMILES string of the molecule is N#C/C(=N/OS(=O)(=O)C(F)(F)F)c1ccc(/C(C#N)=N\OS(=O)(=O)C(F)(F)F)cc1. The number of hydrogen-bond donors (Lipinski definition) is 0. The highest BCUT2D eigenvalue weighted by Gasteiger charge is 2.49. The Morgan fingerprint density at radius 3 is 1.20 bits per heavy atom. The molecule has 0 heterocycles. The molecule has 0 amide bonds. The quantitative estimate of drug-likeness (QED) is 0.259. The van der Waals surface area contributed by atoms with Crippen molar-refractivity contribution in [1.29, 1.82) is 10.5 Å². The lowest BCUT2D eigenvalue weighted by atomic mass is 10.1. The molecular weight excluding hydrogens is 474 g/mol. The average Bonchev–Trinajstić information content (AvgIpc) is 2.61. The first-order chi connectivity index (χ1) is 13.6. The third-order valence-corrected chi connectivity index (χ3v) is 4.34. The predicted octanol–water partition coefficient (Wildman–Crippen LogP) is 1.87. The van der Waals surface area contributed by atoms with Crippen LogP contribution in [0.4, 0.5) is 26.3 Å². The maximum atomic E-state index is 12.2. The summed E-state index contributed by atoms with van der Waals surface area (Å²) in [5.41, 5.74) is -14.2. The van der Waals surface area contributed by atoms with Crippen molar-refractivity contribution in [2.24, 2.45) is 10.3 Å². The molecule has 0 N–H and O–H groups in total. The van der Waals surface area contributed by atoms with E-state index >= 15 is 0 Å². The Balaban J connectivity index is 3.17. The maximum absolute atomic E-state index is 12.2. The van der Waals surface area contributed by atoms with E-state index in [2.05, 4.69) is 18.9 Å². The van der Waals surface area contributed by atoms with Gasteiger partial charge in [-0.15, -0.1) is 0 Å². The van der Waals surface area contributed by atoms with Gasteiger partial charge in [-0.3, -0.25) is 8.57 Å². The summed E-state index contributed by atoms with van der Waals surface area (Å²) < 4.78 is 123. The number of halogens is 6. The zero-order chi connectivity index (χ0) is 23.4. The Bertz CT molecular complexity index is 1060. The van der Waals surface area contributed by atoms with Crippen molar-refractivity contribution in [3.63, 3.8) is 0 Å². The van der Waals surface area contributed by atoms with Gasteiger partial charge in [0.25, 0.3) is 0 Å². The molecule has 0 aliphatic heterocycles. The van der Waals surface area contributed by atoms with Crippen molar-refractivity contribution in [3.8, 4) is 12.1 Å². The highest BCUT2D eigenvalue weighted by atomic mass is 32.2. The predicted molar refractivity (Wildman–Crippen MR) is 82.9 cm³/mol. The summed E-state index contributed by atoms with van der Waals surface area (Å²) in [6.07, 6.45) is 0. The van der Waals surface area contributed by atoms with Crippen LogP contribution in [0.15, 0.2) is 34.6 Å². The number of oxime groups is 2. The molecule has 0 radical (unpaired) electrons. The van der Waals surface area contributed by atoms with Crippen molar-refractivity contribution in [2.45, 2.75) is 11.0 Å². The summed E-state index contributed by atoms with van der Waals surface area (Å²) in [5.74, 6) is 0. The number of hydrogen-bond acceptors (Lipinski definition) is 10. The zero-order valence-corrected chi connectivity index (χ0v) is 15.3. The molecule has 10 nitrogen and oxygen atoms in total. The first-order valence-electron chi connectivity index (χ1n) is 6.62. The van der Waals surface area contributed by atoms with Gasteiger partial charge in [0.15, 0.2) is 11.4 Å². The molecule has 1 aromatic rings. The van der Waals surface area contributed by atoms with E-state index in [1.165, 1.54) is 12.1 Å². The molecule has 162 valence electrons. The zero-order valence-electron chi connectivity index (χ0n) is 13.6. The Labute approximate surface area is 163 Å². The third kappa shape index (κ3) is 5.81. The molecule has 1 aromatic carbocycles. The van der Waals surface area contributed by atoms with Crippen LogP contribution in [0.1, 0.15) is 11.1 Å². The summed E-state index contributed by atoms with van der Waals surface area (Å²) in [6, 6.07) is 5.94. The molecule has 18 heteroatoms. The van der Waals surface area contributed by atoms with Crippen molar-refractivity contribution in [1.82, 2.24) is 0 Å². The number of benzene rings is 1. The Kier molecular flexibility index (Phi) is 7.03. The molecule has 0 aliphatic carbocycles. The summed E-state index contributed by atoms with van der Waals surface area (Å²) in [7, 11) is -12.3. The van der Waals surface area contributed by atoms with Crippen LogP contribution in [0.2, 0.25) is 0 Å². The molecule has 30 heavy (non-hydrogen) atoms. The minimum atomic E-state index is -6.14. The van der Waals surface area contributed by atoms with Gasteiger partial charge >= 0.3 is 31.3 Å². The summed E-state index contributed by atoms with van der Waals surface area (Å²) in [4.78, 5) is 0. The van der Waals surface area contributed by atoms with E-state index in [-0.39, 0.29) is 11.1 Å². The van der Waals surface area contributed by atoms with Gasteiger partial charge in [0.1, 0.15) is 12.1 Å². The summed E-state index contributed by atoms with van der Waals surface area (Å²) >= 11 is 0. The standard InChI is InChI=1S/C12H4F6N4O6S2/c13-11(14,15)29(23,24)27-21-9(5-19)7-1-2-8(4-3-7)10(6-20)22-28-30(25,26)12(16,17)18/h1-4H/b21-9-,22-10-. The van der Waals surface area contributed by atoms with Crippen LogP contribution in [0.3, 0.4) is 0 Å². The van der Waals surface area contributed by atoms with E-state index in [9.17, 15) is 43.2 Å². The average molecular weight is 478 g/mol. The van der Waals surface area contributed by atoms with Crippen molar-refractivity contribution >= 4 is 31.7 Å². The second-order valence-corrected chi connectivity index (χ2v) is 7.67. The van der Waals surface area contributed by atoms with E-state index in [1.54, 1.807) is 0 Å². The van der Waals surface area contributed by atoms with E-state index < -0.39 is 42.7 Å². The largest absolute Gasteiger partial charge is 0.536 e. The monoisotopic (exact) mass is 478 g/mol. The van der Waals surface area contributed by atoms with Crippen molar-refractivity contribution in [3.05, 3.63) is 35.4 Å². The van der Waals surface area contributed by atoms with Crippen LogP contribution in [-0.2, 0) is 28.8 Å². The number of nitriles is 2. The molecule has 0 fully saturated rings. The Morgan fingerprint density at radius 1 is 0.733 bits per heavy atom. The van der Waals surface area contributed by atoms with E-state index in [4.69, 9.17) is 10.5 Å². The fourth-order valence-corrected chi connectivity index (χ4v) is 1.83. The molecular formula is C12H4F6N4O6S2. The van der Waals surface area contributed by atoms with Crippen molar-refractivity contribution < 1.29 is 51.7 Å². The van der Waals surface area contributed by atoms with Crippen LogP contribution in [0.5, 0.6) is 0 Å². The number of rotatable bonds is 6.